The molecule has 0 amide bonds. The molecule has 1 nitrogen and oxygen atoms in total. The molecule has 2 aromatic carbocycles. The van der Waals surface area contributed by atoms with E-state index >= 15 is 0 Å². The maximum Gasteiger partial charge on any atom is 0.160 e. The van der Waals surface area contributed by atoms with Crippen molar-refractivity contribution < 1.29 is 4.79 Å². The van der Waals surface area contributed by atoms with Crippen LogP contribution in [-0.2, 0) is 0 Å². The van der Waals surface area contributed by atoms with Crippen LogP contribution in [0.15, 0.2) is 24.3 Å². The van der Waals surface area contributed by atoms with Gasteiger partial charge in [0.2, 0.25) is 0 Å². The predicted molar refractivity (Wildman–Crippen MR) is 81.1 cm³/mol. The van der Waals surface area contributed by atoms with Gasteiger partial charge < -0.3 is 0 Å². The number of benzene rings is 2. The quantitative estimate of drug-likeness (QED) is 0.721. The SMILES string of the molecule is CC(=O)c1ccc2ccc3c4c2c1=CCC4C1CC1C=3. The number of ketones is 1. The van der Waals surface area contributed by atoms with E-state index in [4.69, 9.17) is 0 Å². The molecule has 0 N–H and O–H groups in total. The van der Waals surface area contributed by atoms with Crippen LogP contribution < -0.4 is 10.4 Å². The van der Waals surface area contributed by atoms with Gasteiger partial charge >= 0.3 is 0 Å². The van der Waals surface area contributed by atoms with E-state index in [9.17, 15) is 4.79 Å². The molecule has 3 aliphatic carbocycles. The average Bonchev–Trinajstić information content (AvgIpc) is 3.22. The Kier molecular flexibility index (Phi) is 1.85. The molecule has 1 saturated carbocycles. The lowest BCUT2D eigenvalue weighted by Crippen LogP contribution is -2.28. The molecule has 20 heavy (non-hydrogen) atoms. The van der Waals surface area contributed by atoms with E-state index in [2.05, 4.69) is 30.4 Å². The van der Waals surface area contributed by atoms with Crippen molar-refractivity contribution in [3.63, 3.8) is 0 Å². The van der Waals surface area contributed by atoms with E-state index in [0.29, 0.717) is 5.92 Å². The van der Waals surface area contributed by atoms with Gasteiger partial charge in [0, 0.05) is 5.56 Å². The van der Waals surface area contributed by atoms with Crippen LogP contribution in [-0.4, -0.2) is 5.78 Å². The Morgan fingerprint density at radius 2 is 2.05 bits per heavy atom. The van der Waals surface area contributed by atoms with Gasteiger partial charge in [-0.2, -0.15) is 0 Å². The van der Waals surface area contributed by atoms with Crippen LogP contribution in [0, 0.1) is 11.8 Å². The molecule has 98 valence electrons. The normalized spacial score (nSPS) is 28.4. The van der Waals surface area contributed by atoms with Crippen LogP contribution >= 0.6 is 0 Å². The van der Waals surface area contributed by atoms with Crippen LogP contribution in [0.4, 0.5) is 0 Å². The largest absolute Gasteiger partial charge is 0.294 e. The van der Waals surface area contributed by atoms with Crippen LogP contribution in [0.25, 0.3) is 22.9 Å². The maximum atomic E-state index is 11.9. The van der Waals surface area contributed by atoms with Gasteiger partial charge in [-0.15, -0.1) is 0 Å². The number of Topliss-reactive ketones (excluding diaryl/α,β-unsaturated/α-hetero) is 1. The van der Waals surface area contributed by atoms with Gasteiger partial charge in [-0.3, -0.25) is 4.79 Å². The zero-order valence-electron chi connectivity index (χ0n) is 11.5. The summed E-state index contributed by atoms with van der Waals surface area (Å²) >= 11 is 0. The second kappa shape index (κ2) is 3.41. The van der Waals surface area contributed by atoms with Gasteiger partial charge in [0.15, 0.2) is 5.78 Å². The van der Waals surface area contributed by atoms with Crippen LogP contribution in [0.5, 0.6) is 0 Å². The monoisotopic (exact) mass is 260 g/mol. The number of carbonyl (C=O) groups is 1. The fourth-order valence-electron chi connectivity index (χ4n) is 4.43. The highest BCUT2D eigenvalue weighted by atomic mass is 16.1. The molecular formula is C19H16O. The van der Waals surface area contributed by atoms with Crippen molar-refractivity contribution in [2.24, 2.45) is 11.8 Å². The molecule has 1 fully saturated rings. The summed E-state index contributed by atoms with van der Waals surface area (Å²) in [6.45, 7) is 1.68. The number of carbonyl (C=O) groups excluding carboxylic acids is 1. The number of fused-ring (bicyclic) bond motifs is 2. The average molecular weight is 260 g/mol. The predicted octanol–water partition coefficient (Wildman–Crippen LogP) is 2.74. The number of rotatable bonds is 1. The zero-order chi connectivity index (χ0) is 13.4. The lowest BCUT2D eigenvalue weighted by molar-refractivity contribution is 0.101. The second-order valence-corrected chi connectivity index (χ2v) is 6.53. The Morgan fingerprint density at radius 1 is 1.20 bits per heavy atom. The summed E-state index contributed by atoms with van der Waals surface area (Å²) < 4.78 is 0. The smallest absolute Gasteiger partial charge is 0.160 e. The molecule has 0 aromatic heterocycles. The van der Waals surface area contributed by atoms with E-state index in [0.717, 1.165) is 23.8 Å². The van der Waals surface area contributed by atoms with Gasteiger partial charge in [0.05, 0.1) is 0 Å². The lowest BCUT2D eigenvalue weighted by atomic mass is 9.78. The molecule has 0 bridgehead atoms. The highest BCUT2D eigenvalue weighted by Gasteiger charge is 2.45. The fraction of sp³-hybridized carbons (Fsp3) is 0.316. The highest BCUT2D eigenvalue weighted by Crippen LogP contribution is 2.54. The van der Waals surface area contributed by atoms with Crippen molar-refractivity contribution in [1.82, 2.24) is 0 Å². The Hall–Kier alpha value is -1.89. The molecule has 0 saturated heterocycles. The van der Waals surface area contributed by atoms with Crippen molar-refractivity contribution in [2.75, 3.05) is 0 Å². The third kappa shape index (κ3) is 1.21. The molecule has 0 heterocycles. The molecule has 3 aliphatic rings. The van der Waals surface area contributed by atoms with Crippen molar-refractivity contribution in [3.8, 4) is 0 Å². The highest BCUT2D eigenvalue weighted by molar-refractivity contribution is 6.01. The Morgan fingerprint density at radius 3 is 2.90 bits per heavy atom. The fourth-order valence-corrected chi connectivity index (χ4v) is 4.43. The van der Waals surface area contributed by atoms with Crippen molar-refractivity contribution in [1.29, 1.82) is 0 Å². The zero-order valence-corrected chi connectivity index (χ0v) is 11.5. The number of hydrogen-bond donors (Lipinski definition) is 0. The molecule has 0 radical (unpaired) electrons. The van der Waals surface area contributed by atoms with E-state index in [1.165, 1.54) is 33.2 Å². The van der Waals surface area contributed by atoms with E-state index in [-0.39, 0.29) is 5.78 Å². The van der Waals surface area contributed by atoms with Gasteiger partial charge in [0.25, 0.3) is 0 Å². The van der Waals surface area contributed by atoms with Gasteiger partial charge in [0.1, 0.15) is 0 Å². The van der Waals surface area contributed by atoms with E-state index in [1.807, 2.05) is 6.07 Å². The molecule has 3 unspecified atom stereocenters. The molecular weight excluding hydrogens is 244 g/mol. The first-order valence-corrected chi connectivity index (χ1v) is 7.52. The Bertz CT molecular complexity index is 903. The second-order valence-electron chi connectivity index (χ2n) is 6.53. The Labute approximate surface area is 117 Å². The third-order valence-electron chi connectivity index (χ3n) is 5.43. The lowest BCUT2D eigenvalue weighted by Gasteiger charge is -2.26. The van der Waals surface area contributed by atoms with E-state index < -0.39 is 0 Å². The summed E-state index contributed by atoms with van der Waals surface area (Å²) in [5.74, 6) is 2.55. The first kappa shape index (κ1) is 10.8. The van der Waals surface area contributed by atoms with E-state index in [1.54, 1.807) is 6.92 Å². The summed E-state index contributed by atoms with van der Waals surface area (Å²) in [6, 6.07) is 8.61. The summed E-state index contributed by atoms with van der Waals surface area (Å²) in [4.78, 5) is 11.9. The minimum absolute atomic E-state index is 0.179. The summed E-state index contributed by atoms with van der Waals surface area (Å²) in [5, 5.41) is 5.26. The summed E-state index contributed by atoms with van der Waals surface area (Å²) in [6.07, 6.45) is 7.25. The first-order valence-electron chi connectivity index (χ1n) is 7.52. The topological polar surface area (TPSA) is 17.1 Å². The third-order valence-corrected chi connectivity index (χ3v) is 5.43. The molecule has 1 heteroatoms. The summed E-state index contributed by atoms with van der Waals surface area (Å²) in [7, 11) is 0. The molecule has 2 aromatic rings. The summed E-state index contributed by atoms with van der Waals surface area (Å²) in [5.41, 5.74) is 2.42. The first-order chi connectivity index (χ1) is 9.74. The van der Waals surface area contributed by atoms with Crippen molar-refractivity contribution in [3.05, 3.63) is 45.8 Å². The number of hydrogen-bond acceptors (Lipinski definition) is 1. The van der Waals surface area contributed by atoms with Crippen molar-refractivity contribution >= 4 is 28.7 Å². The van der Waals surface area contributed by atoms with Crippen LogP contribution in [0.2, 0.25) is 0 Å². The molecule has 0 aliphatic heterocycles. The van der Waals surface area contributed by atoms with Crippen LogP contribution in [0.3, 0.4) is 0 Å². The van der Waals surface area contributed by atoms with Crippen LogP contribution in [0.1, 0.15) is 41.6 Å². The minimum atomic E-state index is 0.179. The maximum absolute atomic E-state index is 11.9. The molecule has 3 atom stereocenters. The van der Waals surface area contributed by atoms with Gasteiger partial charge in [-0.25, -0.2) is 0 Å². The van der Waals surface area contributed by atoms with Gasteiger partial charge in [-0.1, -0.05) is 36.4 Å². The minimum Gasteiger partial charge on any atom is -0.294 e. The molecule has 0 spiro atoms. The molecule has 5 rings (SSSR count). The Balaban J connectivity index is 2.01. The standard InChI is InChI=1S/C19H16O/c1-10(20)14-5-4-11-2-3-12-8-13-9-17(13)16-7-6-15(14)18(11)19(12)16/h2-6,8,13,16-17H,7,9H2,1H3. The van der Waals surface area contributed by atoms with Gasteiger partial charge in [-0.05, 0) is 64.3 Å². The van der Waals surface area contributed by atoms with Crippen molar-refractivity contribution in [2.45, 2.75) is 25.7 Å².